The zero-order valence-electron chi connectivity index (χ0n) is 13.6. The Hall–Kier alpha value is -2.72. The number of likely N-dealkylation sites (N-methyl/N-ethyl adjacent to an activating group) is 1. The van der Waals surface area contributed by atoms with Gasteiger partial charge in [-0.15, -0.1) is 0 Å². The van der Waals surface area contributed by atoms with Gasteiger partial charge in [-0.3, -0.25) is 0 Å². The monoisotopic (exact) mass is 319 g/mol. The molecule has 2 aromatic carbocycles. The summed E-state index contributed by atoms with van der Waals surface area (Å²) in [6, 6.07) is 18.2. The van der Waals surface area contributed by atoms with Crippen molar-refractivity contribution in [3.8, 4) is 11.5 Å². The van der Waals surface area contributed by atoms with Crippen molar-refractivity contribution >= 4 is 21.9 Å². The van der Waals surface area contributed by atoms with E-state index in [2.05, 4.69) is 29.7 Å². The normalized spacial score (nSPS) is 12.9. The summed E-state index contributed by atoms with van der Waals surface area (Å²) in [7, 11) is 0. The highest BCUT2D eigenvalue weighted by Gasteiger charge is 2.13. The summed E-state index contributed by atoms with van der Waals surface area (Å²) in [6.07, 6.45) is 0. The first-order valence-corrected chi connectivity index (χ1v) is 8.21. The fourth-order valence-electron chi connectivity index (χ4n) is 3.14. The lowest BCUT2D eigenvalue weighted by Gasteiger charge is -2.08. The summed E-state index contributed by atoms with van der Waals surface area (Å²) in [5.41, 5.74) is 2.50. The van der Waals surface area contributed by atoms with Crippen molar-refractivity contribution in [2.24, 2.45) is 0 Å². The molecule has 0 amide bonds. The Labute approximate surface area is 139 Å². The lowest BCUT2D eigenvalue weighted by Crippen LogP contribution is -2.32. The molecule has 0 unspecified atom stereocenters. The lowest BCUT2D eigenvalue weighted by molar-refractivity contribution is 0.282. The van der Waals surface area contributed by atoms with Crippen LogP contribution < -0.4 is 9.93 Å². The van der Waals surface area contributed by atoms with Gasteiger partial charge in [-0.1, -0.05) is 30.3 Å². The molecule has 1 heterocycles. The fraction of sp³-hybridized carbons (Fsp3) is 0.200. The van der Waals surface area contributed by atoms with Crippen molar-refractivity contribution in [3.05, 3.63) is 60.0 Å². The van der Waals surface area contributed by atoms with E-state index in [4.69, 9.17) is 9.40 Å². The smallest absolute Gasteiger partial charge is 0.203 e. The molecule has 0 spiro atoms. The van der Waals surface area contributed by atoms with Gasteiger partial charge in [0, 0.05) is 11.5 Å². The van der Waals surface area contributed by atoms with E-state index in [0.717, 1.165) is 45.2 Å². The molecule has 0 saturated heterocycles. The van der Waals surface area contributed by atoms with Crippen LogP contribution in [0.2, 0.25) is 0 Å². The van der Waals surface area contributed by atoms with E-state index >= 15 is 0 Å². The molecule has 2 aliphatic rings. The van der Waals surface area contributed by atoms with Crippen LogP contribution in [0.1, 0.15) is 6.92 Å². The fourth-order valence-corrected chi connectivity index (χ4v) is 3.14. The van der Waals surface area contributed by atoms with Gasteiger partial charge in [0.1, 0.15) is 24.4 Å². The van der Waals surface area contributed by atoms with Gasteiger partial charge >= 0.3 is 0 Å². The second kappa shape index (κ2) is 6.06. The molecule has 0 aromatic heterocycles. The molecule has 0 fully saturated rings. The summed E-state index contributed by atoms with van der Waals surface area (Å²) < 4.78 is 8.23. The first kappa shape index (κ1) is 14.8. The summed E-state index contributed by atoms with van der Waals surface area (Å²) in [6.45, 7) is 3.64. The topological polar surface area (TPSA) is 49.3 Å². The Morgan fingerprint density at radius 3 is 2.79 bits per heavy atom. The van der Waals surface area contributed by atoms with Crippen LogP contribution in [-0.2, 0) is 0 Å². The van der Waals surface area contributed by atoms with Crippen molar-refractivity contribution in [2.45, 2.75) is 6.92 Å². The molecule has 0 atom stereocenters. The number of benzene rings is 3. The largest absolute Gasteiger partial charge is 0.453 e. The number of fused-ring (bicyclic) bond motifs is 4. The van der Waals surface area contributed by atoms with Gasteiger partial charge in [-0.2, -0.15) is 0 Å². The minimum absolute atomic E-state index is 0.130. The highest BCUT2D eigenvalue weighted by Crippen LogP contribution is 2.28. The maximum atomic E-state index is 9.21. The van der Waals surface area contributed by atoms with Gasteiger partial charge in [0.25, 0.3) is 0 Å². The molecule has 2 aromatic rings. The molecule has 4 nitrogen and oxygen atoms in total. The third-order valence-corrected chi connectivity index (χ3v) is 4.38. The predicted molar refractivity (Wildman–Crippen MR) is 95.9 cm³/mol. The van der Waals surface area contributed by atoms with Crippen LogP contribution in [0.5, 0.6) is 0 Å². The lowest BCUT2D eigenvalue weighted by atomic mass is 10.1. The van der Waals surface area contributed by atoms with Crippen LogP contribution in [0.25, 0.3) is 33.3 Å². The number of aliphatic hydroxyl groups excluding tert-OH is 1. The van der Waals surface area contributed by atoms with Crippen molar-refractivity contribution in [1.29, 1.82) is 0 Å². The molecule has 0 bridgehead atoms. The number of nitrogens with zero attached hydrogens (tertiary/aromatic N) is 2. The van der Waals surface area contributed by atoms with Crippen LogP contribution in [0, 0.1) is 0 Å². The number of hydrogen-bond donors (Lipinski definition) is 1. The van der Waals surface area contributed by atoms with Crippen molar-refractivity contribution in [1.82, 2.24) is 9.56 Å². The van der Waals surface area contributed by atoms with Crippen LogP contribution in [0.3, 0.4) is 0 Å². The number of hydrogen-bond acceptors (Lipinski definition) is 3. The second-order valence-electron chi connectivity index (χ2n) is 5.80. The summed E-state index contributed by atoms with van der Waals surface area (Å²) in [5, 5.41) is 12.5. The standard InChI is InChI=1S/C20H19N2O2/c1-2-22(11-12-23)15-8-9-17-19(13-15)24-18-10-7-14-5-3-4-6-16(14)20(18)21-17/h3-10,13,23H,2,11-12H2,1H3/q+1. The average molecular weight is 319 g/mol. The predicted octanol–water partition coefficient (Wildman–Crippen LogP) is 2.87. The van der Waals surface area contributed by atoms with Gasteiger partial charge in [0.2, 0.25) is 5.36 Å². The van der Waals surface area contributed by atoms with Crippen LogP contribution in [-0.4, -0.2) is 29.8 Å². The third-order valence-electron chi connectivity index (χ3n) is 4.38. The minimum atomic E-state index is 0.130. The maximum absolute atomic E-state index is 9.21. The number of rotatable bonds is 3. The van der Waals surface area contributed by atoms with Crippen molar-refractivity contribution in [2.75, 3.05) is 19.7 Å². The zero-order valence-corrected chi connectivity index (χ0v) is 13.6. The third kappa shape index (κ3) is 2.45. The molecule has 120 valence electrons. The first-order chi connectivity index (χ1) is 11.8. The van der Waals surface area contributed by atoms with Gasteiger partial charge in [0.15, 0.2) is 17.9 Å². The molecular weight excluding hydrogens is 300 g/mol. The molecular formula is C20H19N2O2+. The Morgan fingerprint density at radius 2 is 1.96 bits per heavy atom. The molecule has 1 N–H and O–H groups in total. The van der Waals surface area contributed by atoms with E-state index in [1.54, 1.807) is 0 Å². The molecule has 1 aliphatic carbocycles. The summed E-state index contributed by atoms with van der Waals surface area (Å²) in [5.74, 6) is 0.756. The van der Waals surface area contributed by atoms with E-state index in [1.807, 2.05) is 36.4 Å². The van der Waals surface area contributed by atoms with Crippen LogP contribution >= 0.6 is 0 Å². The van der Waals surface area contributed by atoms with Crippen LogP contribution in [0.4, 0.5) is 0 Å². The van der Waals surface area contributed by atoms with Gasteiger partial charge in [-0.25, -0.2) is 9.56 Å². The Balaban J connectivity index is 2.02. The Morgan fingerprint density at radius 1 is 1.08 bits per heavy atom. The Kier molecular flexibility index (Phi) is 3.75. The molecule has 24 heavy (non-hydrogen) atoms. The zero-order chi connectivity index (χ0) is 16.5. The van der Waals surface area contributed by atoms with Crippen LogP contribution in [0.15, 0.2) is 59.0 Å². The molecule has 4 rings (SSSR count). The minimum Gasteiger partial charge on any atom is -0.453 e. The van der Waals surface area contributed by atoms with E-state index in [9.17, 15) is 5.11 Å². The summed E-state index contributed by atoms with van der Waals surface area (Å²) >= 11 is 0. The van der Waals surface area contributed by atoms with Gasteiger partial charge in [0.05, 0.1) is 6.07 Å². The highest BCUT2D eigenvalue weighted by molar-refractivity contribution is 6.03. The quantitative estimate of drug-likeness (QED) is 0.359. The first-order valence-electron chi connectivity index (χ1n) is 8.21. The number of aliphatic hydroxyl groups is 1. The maximum Gasteiger partial charge on any atom is 0.203 e. The van der Waals surface area contributed by atoms with Crippen molar-refractivity contribution < 1.29 is 9.52 Å². The molecule has 4 heteroatoms. The van der Waals surface area contributed by atoms with Gasteiger partial charge in [-0.05, 0) is 24.4 Å². The highest BCUT2D eigenvalue weighted by atomic mass is 16.3. The van der Waals surface area contributed by atoms with Gasteiger partial charge < -0.3 is 9.52 Å². The van der Waals surface area contributed by atoms with E-state index in [1.165, 1.54) is 0 Å². The Bertz CT molecular complexity index is 1070. The molecule has 0 saturated carbocycles. The van der Waals surface area contributed by atoms with Crippen molar-refractivity contribution in [3.63, 3.8) is 0 Å². The van der Waals surface area contributed by atoms with E-state index in [-0.39, 0.29) is 6.61 Å². The van der Waals surface area contributed by atoms with E-state index < -0.39 is 0 Å². The second-order valence-corrected chi connectivity index (χ2v) is 5.80. The van der Waals surface area contributed by atoms with E-state index in [0.29, 0.717) is 6.54 Å². The average Bonchev–Trinajstić information content (AvgIpc) is 2.64. The molecule has 0 radical (unpaired) electrons. The molecule has 1 aliphatic heterocycles. The number of aromatic nitrogens is 1. The SMILES string of the molecule is CC[N+](CCO)=c1ccc2nc3c(ccc4ccccc43)oc-2c1. The summed E-state index contributed by atoms with van der Waals surface area (Å²) in [4.78, 5) is 4.82.